The molecule has 2 aromatic rings. The second-order valence-corrected chi connectivity index (χ2v) is 3.49. The minimum absolute atomic E-state index is 0.703. The Morgan fingerprint density at radius 1 is 1.20 bits per heavy atom. The van der Waals surface area contributed by atoms with E-state index in [0.29, 0.717) is 6.61 Å². The predicted molar refractivity (Wildman–Crippen MR) is 64.2 cm³/mol. The fourth-order valence-electron chi connectivity index (χ4n) is 1.82. The Kier molecular flexibility index (Phi) is 2.91. The van der Waals surface area contributed by atoms with Gasteiger partial charge in [-0.2, -0.15) is 0 Å². The molecule has 1 radical (unpaired) electrons. The fraction of sp³-hybridized carbons (Fsp3) is 0.214. The van der Waals surface area contributed by atoms with Gasteiger partial charge in [0.05, 0.1) is 6.61 Å². The van der Waals surface area contributed by atoms with Crippen LogP contribution in [0.3, 0.4) is 0 Å². The van der Waals surface area contributed by atoms with E-state index in [-0.39, 0.29) is 0 Å². The van der Waals surface area contributed by atoms with Crippen molar-refractivity contribution >= 4 is 10.8 Å². The lowest BCUT2D eigenvalue weighted by Gasteiger charge is -2.09. The van der Waals surface area contributed by atoms with Crippen molar-refractivity contribution in [1.82, 2.24) is 0 Å². The molecule has 0 bridgehead atoms. The molecule has 2 aromatic carbocycles. The molecule has 2 rings (SSSR count). The first kappa shape index (κ1) is 10.0. The molecule has 0 saturated heterocycles. The molecule has 0 aliphatic rings. The van der Waals surface area contributed by atoms with Crippen LogP contribution in [0.2, 0.25) is 0 Å². The summed E-state index contributed by atoms with van der Waals surface area (Å²) in [6.45, 7) is 6.65. The predicted octanol–water partition coefficient (Wildman–Crippen LogP) is 3.62. The number of hydrogen-bond donors (Lipinski definition) is 0. The van der Waals surface area contributed by atoms with Crippen LogP contribution >= 0.6 is 0 Å². The monoisotopic (exact) mass is 199 g/mol. The van der Waals surface area contributed by atoms with Crippen molar-refractivity contribution in [2.75, 3.05) is 6.61 Å². The standard InChI is InChI=1S/C14H15O/c1-3-11-9-13(15-4-2)10-12-7-5-6-8-14(11)12/h5-10H,1,3-4H2,2H3. The first-order chi connectivity index (χ1) is 7.35. The van der Waals surface area contributed by atoms with E-state index in [1.165, 1.54) is 16.3 Å². The van der Waals surface area contributed by atoms with Gasteiger partial charge in [0, 0.05) is 0 Å². The molecule has 0 unspecified atom stereocenters. The maximum atomic E-state index is 5.53. The van der Waals surface area contributed by atoms with Crippen molar-refractivity contribution in [2.45, 2.75) is 13.3 Å². The molecule has 0 atom stereocenters. The van der Waals surface area contributed by atoms with Crippen molar-refractivity contribution < 1.29 is 4.74 Å². The van der Waals surface area contributed by atoms with Gasteiger partial charge in [0.25, 0.3) is 0 Å². The van der Waals surface area contributed by atoms with Gasteiger partial charge >= 0.3 is 0 Å². The summed E-state index contributed by atoms with van der Waals surface area (Å²) in [5.41, 5.74) is 1.25. The summed E-state index contributed by atoms with van der Waals surface area (Å²) in [7, 11) is 0. The third-order valence-corrected chi connectivity index (χ3v) is 2.50. The lowest BCUT2D eigenvalue weighted by molar-refractivity contribution is 0.340. The molecular weight excluding hydrogens is 184 g/mol. The fourth-order valence-corrected chi connectivity index (χ4v) is 1.82. The van der Waals surface area contributed by atoms with Gasteiger partial charge in [-0.15, -0.1) is 0 Å². The van der Waals surface area contributed by atoms with Crippen LogP contribution in [-0.2, 0) is 6.42 Å². The van der Waals surface area contributed by atoms with E-state index in [1.807, 2.05) is 13.0 Å². The average molecular weight is 199 g/mol. The Morgan fingerprint density at radius 3 is 2.73 bits per heavy atom. The van der Waals surface area contributed by atoms with E-state index in [2.05, 4.69) is 37.3 Å². The van der Waals surface area contributed by atoms with Crippen LogP contribution in [0.4, 0.5) is 0 Å². The second kappa shape index (κ2) is 4.35. The lowest BCUT2D eigenvalue weighted by Crippen LogP contribution is -1.93. The molecule has 0 heterocycles. The SMILES string of the molecule is [CH2]Cc1cc(OCC)cc2ccccc12. The Bertz CT molecular complexity index is 460. The highest BCUT2D eigenvalue weighted by atomic mass is 16.5. The molecule has 0 spiro atoms. The second-order valence-electron chi connectivity index (χ2n) is 3.49. The molecule has 77 valence electrons. The highest BCUT2D eigenvalue weighted by Crippen LogP contribution is 2.25. The highest BCUT2D eigenvalue weighted by molar-refractivity contribution is 5.87. The molecule has 1 nitrogen and oxygen atoms in total. The largest absolute Gasteiger partial charge is 0.494 e. The van der Waals surface area contributed by atoms with E-state index < -0.39 is 0 Å². The van der Waals surface area contributed by atoms with E-state index in [4.69, 9.17) is 4.74 Å². The average Bonchev–Trinajstić information content (AvgIpc) is 2.28. The molecule has 0 saturated carbocycles. The number of rotatable bonds is 3. The molecule has 0 aliphatic carbocycles. The minimum Gasteiger partial charge on any atom is -0.494 e. The zero-order chi connectivity index (χ0) is 10.7. The molecule has 0 amide bonds. The van der Waals surface area contributed by atoms with Crippen molar-refractivity contribution in [2.24, 2.45) is 0 Å². The van der Waals surface area contributed by atoms with Crippen molar-refractivity contribution in [1.29, 1.82) is 0 Å². The van der Waals surface area contributed by atoms with Crippen LogP contribution in [0.1, 0.15) is 12.5 Å². The van der Waals surface area contributed by atoms with E-state index >= 15 is 0 Å². The molecule has 0 N–H and O–H groups in total. The Morgan fingerprint density at radius 2 is 2.00 bits per heavy atom. The third-order valence-electron chi connectivity index (χ3n) is 2.50. The minimum atomic E-state index is 0.703. The summed E-state index contributed by atoms with van der Waals surface area (Å²) in [5, 5.41) is 2.50. The first-order valence-corrected chi connectivity index (χ1v) is 5.29. The topological polar surface area (TPSA) is 9.23 Å². The molecule has 0 aliphatic heterocycles. The number of ether oxygens (including phenoxy) is 1. The normalized spacial score (nSPS) is 10.5. The van der Waals surface area contributed by atoms with E-state index in [9.17, 15) is 0 Å². The van der Waals surface area contributed by atoms with Gasteiger partial charge in [0.2, 0.25) is 0 Å². The van der Waals surface area contributed by atoms with Gasteiger partial charge in [-0.05, 0) is 48.7 Å². The van der Waals surface area contributed by atoms with E-state index in [1.54, 1.807) is 0 Å². The molecular formula is C14H15O. The van der Waals surface area contributed by atoms with E-state index in [0.717, 1.165) is 12.2 Å². The van der Waals surface area contributed by atoms with Gasteiger partial charge in [-0.1, -0.05) is 24.3 Å². The summed E-state index contributed by atoms with van der Waals surface area (Å²) >= 11 is 0. The van der Waals surface area contributed by atoms with Gasteiger partial charge in [0.1, 0.15) is 5.75 Å². The van der Waals surface area contributed by atoms with Gasteiger partial charge in [-0.25, -0.2) is 0 Å². The molecule has 0 fully saturated rings. The zero-order valence-corrected chi connectivity index (χ0v) is 8.99. The highest BCUT2D eigenvalue weighted by Gasteiger charge is 2.02. The quantitative estimate of drug-likeness (QED) is 0.733. The molecule has 1 heteroatoms. The van der Waals surface area contributed by atoms with Gasteiger partial charge in [-0.3, -0.25) is 0 Å². The smallest absolute Gasteiger partial charge is 0.120 e. The number of benzene rings is 2. The van der Waals surface area contributed by atoms with Crippen LogP contribution in [0, 0.1) is 6.92 Å². The number of fused-ring (bicyclic) bond motifs is 1. The van der Waals surface area contributed by atoms with Crippen molar-refractivity contribution in [3.8, 4) is 5.75 Å². The summed E-state index contributed by atoms with van der Waals surface area (Å²) in [5.74, 6) is 0.940. The molecule has 0 aromatic heterocycles. The van der Waals surface area contributed by atoms with Crippen molar-refractivity contribution in [3.05, 3.63) is 48.9 Å². The van der Waals surface area contributed by atoms with Crippen LogP contribution in [-0.4, -0.2) is 6.61 Å². The van der Waals surface area contributed by atoms with Crippen LogP contribution in [0.25, 0.3) is 10.8 Å². The summed E-state index contributed by atoms with van der Waals surface area (Å²) in [6.07, 6.45) is 0.793. The maximum absolute atomic E-state index is 5.53. The lowest BCUT2D eigenvalue weighted by atomic mass is 10.0. The summed E-state index contributed by atoms with van der Waals surface area (Å²) in [4.78, 5) is 0. The van der Waals surface area contributed by atoms with Gasteiger partial charge in [0.15, 0.2) is 0 Å². The molecule has 15 heavy (non-hydrogen) atoms. The Balaban J connectivity index is 2.60. The summed E-state index contributed by atoms with van der Waals surface area (Å²) < 4.78 is 5.53. The van der Waals surface area contributed by atoms with Crippen molar-refractivity contribution in [3.63, 3.8) is 0 Å². The van der Waals surface area contributed by atoms with Gasteiger partial charge < -0.3 is 4.74 Å². The number of hydrogen-bond acceptors (Lipinski definition) is 1. The zero-order valence-electron chi connectivity index (χ0n) is 8.99. The van der Waals surface area contributed by atoms with Crippen LogP contribution in [0.15, 0.2) is 36.4 Å². The maximum Gasteiger partial charge on any atom is 0.120 e. The Labute approximate surface area is 90.7 Å². The summed E-state index contributed by atoms with van der Waals surface area (Å²) in [6, 6.07) is 12.5. The van der Waals surface area contributed by atoms with Crippen LogP contribution in [0.5, 0.6) is 5.75 Å². The first-order valence-electron chi connectivity index (χ1n) is 5.29. The third kappa shape index (κ3) is 1.96. The Hall–Kier alpha value is -1.50. The van der Waals surface area contributed by atoms with Crippen LogP contribution < -0.4 is 4.74 Å².